The molecule has 1 aliphatic heterocycles. The predicted octanol–water partition coefficient (Wildman–Crippen LogP) is 4.07. The molecule has 0 radical (unpaired) electrons. The molecule has 0 saturated carbocycles. The maximum absolute atomic E-state index is 12.9. The first kappa shape index (κ1) is 21.1. The van der Waals surface area contributed by atoms with Crippen LogP contribution in [0.1, 0.15) is 10.6 Å². The predicted molar refractivity (Wildman–Crippen MR) is 126 cm³/mol. The number of methoxy groups -OCH3 is 3. The maximum Gasteiger partial charge on any atom is 0.322 e. The number of carbonyl (C=O) groups is 1. The van der Waals surface area contributed by atoms with Gasteiger partial charge in [0.25, 0.3) is 0 Å². The number of rotatable bonds is 5. The minimum absolute atomic E-state index is 0.172. The van der Waals surface area contributed by atoms with Crippen molar-refractivity contribution in [2.45, 2.75) is 13.0 Å². The van der Waals surface area contributed by atoms with Gasteiger partial charge < -0.3 is 24.4 Å². The minimum Gasteiger partial charge on any atom is -0.497 e. The molecule has 0 bridgehead atoms. The van der Waals surface area contributed by atoms with Crippen molar-refractivity contribution in [3.8, 4) is 28.6 Å². The molecule has 9 nitrogen and oxygen atoms in total. The summed E-state index contributed by atoms with van der Waals surface area (Å²) in [7, 11) is 4.80. The van der Waals surface area contributed by atoms with Crippen LogP contribution in [0.15, 0.2) is 42.5 Å². The van der Waals surface area contributed by atoms with Crippen molar-refractivity contribution in [1.29, 1.82) is 0 Å². The van der Waals surface area contributed by atoms with E-state index >= 15 is 0 Å². The molecule has 33 heavy (non-hydrogen) atoms. The van der Waals surface area contributed by atoms with E-state index in [4.69, 9.17) is 24.3 Å². The molecule has 2 aromatic carbocycles. The van der Waals surface area contributed by atoms with Crippen LogP contribution >= 0.6 is 11.3 Å². The number of carbonyl (C=O) groups excluding carboxylic acids is 1. The van der Waals surface area contributed by atoms with Gasteiger partial charge in [0.1, 0.15) is 17.2 Å². The molecule has 10 heteroatoms. The third-order valence-corrected chi connectivity index (χ3v) is 6.62. The Labute approximate surface area is 194 Å². The number of fused-ring (bicyclic) bond motifs is 3. The van der Waals surface area contributed by atoms with E-state index in [9.17, 15) is 4.79 Å². The molecular formula is C23H23N5O4S. The van der Waals surface area contributed by atoms with Gasteiger partial charge >= 0.3 is 6.03 Å². The van der Waals surface area contributed by atoms with Crippen molar-refractivity contribution in [1.82, 2.24) is 19.5 Å². The topological polar surface area (TPSA) is 90.2 Å². The van der Waals surface area contributed by atoms with Crippen molar-refractivity contribution < 1.29 is 19.0 Å². The van der Waals surface area contributed by atoms with Crippen LogP contribution in [-0.2, 0) is 13.0 Å². The number of hydrogen-bond acceptors (Lipinski definition) is 7. The molecule has 2 amide bonds. The Hall–Kier alpha value is -3.79. The standard InChI is InChI=1S/C23H23N5O4S/c1-30-16-6-4-14(5-7-16)21-25-23-28(26-21)19-8-9-27(13-20(19)33-23)22(29)24-15-10-17(31-2)12-18(11-15)32-3/h4-7,10-12H,8-9,13H2,1-3H3,(H,24,29). The number of thiazole rings is 1. The van der Waals surface area contributed by atoms with Gasteiger partial charge in [-0.15, -0.1) is 5.10 Å². The quantitative estimate of drug-likeness (QED) is 0.478. The lowest BCUT2D eigenvalue weighted by molar-refractivity contribution is 0.206. The number of hydrogen-bond donors (Lipinski definition) is 1. The number of benzene rings is 2. The van der Waals surface area contributed by atoms with Crippen LogP contribution in [0.4, 0.5) is 10.5 Å². The average molecular weight is 466 g/mol. The van der Waals surface area contributed by atoms with Gasteiger partial charge in [-0.05, 0) is 24.3 Å². The van der Waals surface area contributed by atoms with E-state index in [1.54, 1.807) is 55.8 Å². The average Bonchev–Trinajstić information content (AvgIpc) is 3.41. The van der Waals surface area contributed by atoms with E-state index in [1.165, 1.54) is 0 Å². The Morgan fingerprint density at radius 1 is 1.00 bits per heavy atom. The normalized spacial score (nSPS) is 13.0. The highest BCUT2D eigenvalue weighted by molar-refractivity contribution is 7.17. The minimum atomic E-state index is -0.172. The lowest BCUT2D eigenvalue weighted by atomic mass is 10.2. The molecule has 1 aliphatic rings. The van der Waals surface area contributed by atoms with Crippen LogP contribution in [0.5, 0.6) is 17.2 Å². The third kappa shape index (κ3) is 4.05. The first-order chi connectivity index (χ1) is 16.1. The first-order valence-electron chi connectivity index (χ1n) is 10.4. The molecule has 2 aromatic heterocycles. The fraction of sp³-hybridized carbons (Fsp3) is 0.261. The highest BCUT2D eigenvalue weighted by Crippen LogP contribution is 2.31. The fourth-order valence-corrected chi connectivity index (χ4v) is 4.92. The number of aromatic nitrogens is 3. The summed E-state index contributed by atoms with van der Waals surface area (Å²) in [6.07, 6.45) is 0.704. The van der Waals surface area contributed by atoms with Crippen LogP contribution in [0.3, 0.4) is 0 Å². The maximum atomic E-state index is 12.9. The first-order valence-corrected chi connectivity index (χ1v) is 11.2. The van der Waals surface area contributed by atoms with Gasteiger partial charge in [0, 0.05) is 47.3 Å². The number of anilines is 1. The van der Waals surface area contributed by atoms with Gasteiger partial charge in [0.2, 0.25) is 4.96 Å². The van der Waals surface area contributed by atoms with E-state index in [1.807, 2.05) is 28.8 Å². The summed E-state index contributed by atoms with van der Waals surface area (Å²) < 4.78 is 17.7. The number of ether oxygens (including phenoxy) is 3. The number of urea groups is 1. The second kappa shape index (κ2) is 8.62. The monoisotopic (exact) mass is 465 g/mol. The Morgan fingerprint density at radius 3 is 2.36 bits per heavy atom. The summed E-state index contributed by atoms with van der Waals surface area (Å²) in [5.41, 5.74) is 2.66. The zero-order chi connectivity index (χ0) is 22.9. The molecule has 3 heterocycles. The van der Waals surface area contributed by atoms with E-state index < -0.39 is 0 Å². The van der Waals surface area contributed by atoms with E-state index in [2.05, 4.69) is 5.32 Å². The van der Waals surface area contributed by atoms with Crippen molar-refractivity contribution in [3.05, 3.63) is 53.0 Å². The summed E-state index contributed by atoms with van der Waals surface area (Å²) >= 11 is 1.57. The molecule has 0 unspecified atom stereocenters. The van der Waals surface area contributed by atoms with E-state index in [-0.39, 0.29) is 6.03 Å². The van der Waals surface area contributed by atoms with Crippen molar-refractivity contribution in [2.24, 2.45) is 0 Å². The fourth-order valence-electron chi connectivity index (χ4n) is 3.81. The molecule has 0 aliphatic carbocycles. The molecule has 0 fully saturated rings. The number of nitrogens with one attached hydrogen (secondary N) is 1. The summed E-state index contributed by atoms with van der Waals surface area (Å²) in [5, 5.41) is 7.66. The largest absolute Gasteiger partial charge is 0.497 e. The molecule has 0 saturated heterocycles. The van der Waals surface area contributed by atoms with Crippen LogP contribution < -0.4 is 19.5 Å². The Balaban J connectivity index is 1.33. The van der Waals surface area contributed by atoms with Crippen molar-refractivity contribution in [2.75, 3.05) is 33.2 Å². The van der Waals surface area contributed by atoms with Gasteiger partial charge in [-0.2, -0.15) is 4.98 Å². The Morgan fingerprint density at radius 2 is 1.70 bits per heavy atom. The second-order valence-corrected chi connectivity index (χ2v) is 8.60. The van der Waals surface area contributed by atoms with Crippen LogP contribution in [0, 0.1) is 0 Å². The molecule has 1 N–H and O–H groups in total. The van der Waals surface area contributed by atoms with E-state index in [0.717, 1.165) is 26.8 Å². The van der Waals surface area contributed by atoms with Crippen LogP contribution in [0.2, 0.25) is 0 Å². The highest BCUT2D eigenvalue weighted by Gasteiger charge is 2.26. The molecule has 0 atom stereocenters. The van der Waals surface area contributed by atoms with Gasteiger partial charge in [0.05, 0.1) is 33.6 Å². The summed E-state index contributed by atoms with van der Waals surface area (Å²) in [6, 6.07) is 12.8. The van der Waals surface area contributed by atoms with Gasteiger partial charge in [-0.3, -0.25) is 0 Å². The highest BCUT2D eigenvalue weighted by atomic mass is 32.1. The van der Waals surface area contributed by atoms with Gasteiger partial charge in [0.15, 0.2) is 5.82 Å². The smallest absolute Gasteiger partial charge is 0.322 e. The number of amides is 2. The summed E-state index contributed by atoms with van der Waals surface area (Å²) in [6.45, 7) is 1.10. The molecule has 4 aromatic rings. The Kier molecular flexibility index (Phi) is 5.51. The lowest BCUT2D eigenvalue weighted by Crippen LogP contribution is -2.38. The third-order valence-electron chi connectivity index (χ3n) is 5.56. The second-order valence-electron chi connectivity index (χ2n) is 7.53. The molecule has 170 valence electrons. The molecule has 5 rings (SSSR count). The van der Waals surface area contributed by atoms with Gasteiger partial charge in [-0.1, -0.05) is 11.3 Å². The van der Waals surface area contributed by atoms with Crippen LogP contribution in [0.25, 0.3) is 16.3 Å². The van der Waals surface area contributed by atoms with Crippen molar-refractivity contribution in [3.63, 3.8) is 0 Å². The van der Waals surface area contributed by atoms with Gasteiger partial charge in [-0.25, -0.2) is 9.31 Å². The lowest BCUT2D eigenvalue weighted by Gasteiger charge is -2.26. The van der Waals surface area contributed by atoms with E-state index in [0.29, 0.717) is 42.5 Å². The summed E-state index contributed by atoms with van der Waals surface area (Å²) in [5.74, 6) is 2.70. The summed E-state index contributed by atoms with van der Waals surface area (Å²) in [4.78, 5) is 21.3. The zero-order valence-electron chi connectivity index (χ0n) is 18.5. The van der Waals surface area contributed by atoms with Crippen molar-refractivity contribution >= 4 is 28.0 Å². The SMILES string of the molecule is COc1ccc(-c2nc3sc4c(n3n2)CCN(C(=O)Nc2cc(OC)cc(OC)c2)C4)cc1. The Bertz CT molecular complexity index is 1290. The zero-order valence-corrected chi connectivity index (χ0v) is 19.3. The van der Waals surface area contributed by atoms with Crippen LogP contribution in [-0.4, -0.2) is 53.4 Å². The molecule has 0 spiro atoms. The number of nitrogens with zero attached hydrogens (tertiary/aromatic N) is 4. The molecular weight excluding hydrogens is 442 g/mol.